The Labute approximate surface area is 437 Å². The van der Waals surface area contributed by atoms with Gasteiger partial charge in [-0.2, -0.15) is 0 Å². The van der Waals surface area contributed by atoms with Crippen LogP contribution in [0, 0.1) is 0 Å². The van der Waals surface area contributed by atoms with Gasteiger partial charge in [0.15, 0.2) is 9.92 Å². The van der Waals surface area contributed by atoms with Crippen LogP contribution < -0.4 is 10.6 Å². The van der Waals surface area contributed by atoms with Gasteiger partial charge in [0.25, 0.3) is 18.3 Å². The van der Waals surface area contributed by atoms with Crippen LogP contribution in [0.25, 0.3) is 52.9 Å². The maximum Gasteiger partial charge on any atom is 0.290 e. The molecule has 73 heavy (non-hydrogen) atoms. The second-order valence-corrected chi connectivity index (χ2v) is 20.9. The Bertz CT molecular complexity index is 2830. The van der Waals surface area contributed by atoms with Crippen molar-refractivity contribution < 1.29 is 19.5 Å². The normalized spacial score (nSPS) is 14.1. The molecule has 10 rings (SSSR count). The average molecular weight is 1030 g/mol. The van der Waals surface area contributed by atoms with Gasteiger partial charge in [0, 0.05) is 60.8 Å². The Morgan fingerprint density at radius 3 is 1.32 bits per heavy atom. The third kappa shape index (κ3) is 13.8. The first-order valence-corrected chi connectivity index (χ1v) is 27.9. The fourth-order valence-electron chi connectivity index (χ4n) is 9.82. The van der Waals surface area contributed by atoms with Gasteiger partial charge in [-0.1, -0.05) is 98.9 Å². The second kappa shape index (κ2) is 26.3. The van der Waals surface area contributed by atoms with Crippen LogP contribution in [0.4, 0.5) is 0 Å². The van der Waals surface area contributed by atoms with Crippen LogP contribution in [0.5, 0.6) is 0 Å². The van der Waals surface area contributed by atoms with Crippen molar-refractivity contribution in [2.45, 2.75) is 79.3 Å². The number of rotatable bonds is 20. The van der Waals surface area contributed by atoms with Crippen molar-refractivity contribution in [3.05, 3.63) is 120 Å². The summed E-state index contributed by atoms with van der Waals surface area (Å²) < 4.78 is 6.44. The number of carbonyl (C=O) groups is 3. The van der Waals surface area contributed by atoms with E-state index in [9.17, 15) is 9.59 Å². The lowest BCUT2D eigenvalue weighted by atomic mass is 10.1. The number of nitrogens with one attached hydrogen (secondary N) is 2. The van der Waals surface area contributed by atoms with E-state index in [-0.39, 0.29) is 18.3 Å². The number of fused-ring (bicyclic) bond motifs is 6. The summed E-state index contributed by atoms with van der Waals surface area (Å²) >= 11 is 3.26. The van der Waals surface area contributed by atoms with Crippen molar-refractivity contribution in [2.75, 3.05) is 78.5 Å². The third-order valence-electron chi connectivity index (χ3n) is 14.1. The van der Waals surface area contributed by atoms with Crippen LogP contribution in [0.2, 0.25) is 0 Å². The number of imidazole rings is 2. The maximum absolute atomic E-state index is 12.7. The van der Waals surface area contributed by atoms with Gasteiger partial charge in [0.05, 0.1) is 31.8 Å². The molecule has 0 aliphatic carbocycles. The number of benzene rings is 4. The second-order valence-electron chi connectivity index (χ2n) is 18.9. The van der Waals surface area contributed by atoms with Crippen LogP contribution in [0.3, 0.4) is 0 Å². The molecule has 4 aromatic heterocycles. The lowest BCUT2D eigenvalue weighted by Crippen LogP contribution is -2.29. The molecule has 4 aromatic carbocycles. The smallest absolute Gasteiger partial charge is 0.290 e. The summed E-state index contributed by atoms with van der Waals surface area (Å²) in [6, 6.07) is 29.5. The first kappa shape index (κ1) is 53.3. The molecule has 14 nitrogen and oxygen atoms in total. The van der Waals surface area contributed by atoms with E-state index in [1.165, 1.54) is 63.0 Å². The molecule has 0 spiro atoms. The van der Waals surface area contributed by atoms with Gasteiger partial charge in [-0.05, 0) is 151 Å². The zero-order valence-electron chi connectivity index (χ0n) is 43.0. The van der Waals surface area contributed by atoms with Gasteiger partial charge >= 0.3 is 0 Å². The molecule has 2 saturated heterocycles. The van der Waals surface area contributed by atoms with E-state index in [0.717, 1.165) is 118 Å². The number of carboxylic acid groups (broad SMARTS) is 1. The van der Waals surface area contributed by atoms with Gasteiger partial charge in [-0.3, -0.25) is 33.0 Å². The summed E-state index contributed by atoms with van der Waals surface area (Å²) in [5.74, 6) is -0.0145. The van der Waals surface area contributed by atoms with E-state index in [0.29, 0.717) is 24.2 Å². The number of carbonyl (C=O) groups excluding carboxylic acids is 2. The standard InChI is InChI=1S/2C28H35N5OS.CH2O2/c2*1-3-31(4-2)17-7-14-29-27(34)23-12-13-25-26(18-23)35-28-30-24(20-33(25)28)22-10-8-21(9-11-22)19-32-15-5-6-16-32;2-1-3/h2*8-13,18,20H,3-7,14-17,19H2,1-2H3,(H,29,34);1H,(H,2,3). The molecule has 3 N–H and O–H groups in total. The molecule has 0 saturated carbocycles. The molecule has 2 aliphatic heterocycles. The van der Waals surface area contributed by atoms with Crippen molar-refractivity contribution in [1.29, 1.82) is 0 Å². The Kier molecular flexibility index (Phi) is 19.2. The number of hydrogen-bond acceptors (Lipinski definition) is 11. The molecular formula is C57H72N10O4S2. The average Bonchev–Trinajstić information content (AvgIpc) is 4.29. The number of nitrogens with zero attached hydrogens (tertiary/aromatic N) is 8. The first-order valence-electron chi connectivity index (χ1n) is 26.3. The molecule has 2 aliphatic rings. The lowest BCUT2D eigenvalue weighted by Gasteiger charge is -2.17. The largest absolute Gasteiger partial charge is 0.483 e. The Balaban J connectivity index is 0.000000185. The molecule has 0 bridgehead atoms. The van der Waals surface area contributed by atoms with Crippen molar-refractivity contribution in [2.24, 2.45) is 0 Å². The summed E-state index contributed by atoms with van der Waals surface area (Å²) in [7, 11) is 0. The van der Waals surface area contributed by atoms with Crippen molar-refractivity contribution in [1.82, 2.24) is 49.0 Å². The van der Waals surface area contributed by atoms with Crippen LogP contribution in [0.15, 0.2) is 97.3 Å². The summed E-state index contributed by atoms with van der Waals surface area (Å²) in [4.78, 5) is 55.1. The zero-order chi connectivity index (χ0) is 51.1. The summed E-state index contributed by atoms with van der Waals surface area (Å²) in [5, 5.41) is 13.0. The lowest BCUT2D eigenvalue weighted by molar-refractivity contribution is -0.122. The highest BCUT2D eigenvalue weighted by atomic mass is 32.1. The molecule has 0 unspecified atom stereocenters. The van der Waals surface area contributed by atoms with Gasteiger partial charge in [0.2, 0.25) is 0 Å². The molecule has 16 heteroatoms. The van der Waals surface area contributed by atoms with E-state index >= 15 is 0 Å². The van der Waals surface area contributed by atoms with Crippen LogP contribution in [-0.4, -0.2) is 140 Å². The number of thiazole rings is 2. The minimum atomic E-state index is -0.250. The maximum atomic E-state index is 12.7. The van der Waals surface area contributed by atoms with Crippen LogP contribution in [0.1, 0.15) is 98.1 Å². The minimum Gasteiger partial charge on any atom is -0.483 e. The molecule has 2 amide bonds. The predicted octanol–water partition coefficient (Wildman–Crippen LogP) is 10.2. The molecule has 8 aromatic rings. The number of amides is 2. The highest BCUT2D eigenvalue weighted by molar-refractivity contribution is 7.24. The fraction of sp³-hybridized carbons (Fsp3) is 0.421. The van der Waals surface area contributed by atoms with Gasteiger partial charge < -0.3 is 25.5 Å². The van der Waals surface area contributed by atoms with Crippen LogP contribution >= 0.6 is 22.7 Å². The minimum absolute atomic E-state index is 0.00723. The molecule has 6 heterocycles. The number of hydrogen-bond donors (Lipinski definition) is 3. The molecule has 0 radical (unpaired) electrons. The van der Waals surface area contributed by atoms with E-state index in [2.05, 4.69) is 128 Å². The SMILES string of the molecule is CCN(CC)CCCNC(=O)c1ccc2c(c1)sc1nc(-c3ccc(CN4CCCC4)cc3)cn12.CCN(CC)CCCNC(=O)c1ccc2c(c1)sc1nc(-c3ccc(CN4CCCC4)cc3)cn12.O=CO. The van der Waals surface area contributed by atoms with Gasteiger partial charge in [-0.15, -0.1) is 0 Å². The van der Waals surface area contributed by atoms with Crippen molar-refractivity contribution in [3.8, 4) is 22.5 Å². The molecule has 386 valence electrons. The quantitative estimate of drug-likeness (QED) is 0.0499. The van der Waals surface area contributed by atoms with Crippen molar-refractivity contribution in [3.63, 3.8) is 0 Å². The van der Waals surface area contributed by atoms with Crippen molar-refractivity contribution >= 4 is 71.3 Å². The predicted molar refractivity (Wildman–Crippen MR) is 299 cm³/mol. The molecule has 0 atom stereocenters. The topological polar surface area (TPSA) is 143 Å². The molecular weight excluding hydrogens is 953 g/mol. The van der Waals surface area contributed by atoms with E-state index in [4.69, 9.17) is 19.9 Å². The number of aromatic nitrogens is 4. The summed E-state index contributed by atoms with van der Waals surface area (Å²) in [6.07, 6.45) is 11.4. The highest BCUT2D eigenvalue weighted by Crippen LogP contribution is 2.32. The fourth-order valence-corrected chi connectivity index (χ4v) is 11.9. The van der Waals surface area contributed by atoms with E-state index < -0.39 is 0 Å². The monoisotopic (exact) mass is 1020 g/mol. The Morgan fingerprint density at radius 1 is 0.589 bits per heavy atom. The van der Waals surface area contributed by atoms with Crippen LogP contribution in [-0.2, 0) is 17.9 Å². The summed E-state index contributed by atoms with van der Waals surface area (Å²) in [5.41, 5.74) is 10.6. The van der Waals surface area contributed by atoms with E-state index in [1.54, 1.807) is 22.7 Å². The van der Waals surface area contributed by atoms with E-state index in [1.807, 2.05) is 36.4 Å². The Hall–Kier alpha value is -6.01. The first-order chi connectivity index (χ1) is 35.7. The zero-order valence-corrected chi connectivity index (χ0v) is 44.7. The molecule has 2 fully saturated rings. The number of likely N-dealkylation sites (tertiary alicyclic amines) is 2. The Morgan fingerprint density at radius 2 is 0.959 bits per heavy atom. The van der Waals surface area contributed by atoms with Gasteiger partial charge in [-0.25, -0.2) is 9.97 Å². The summed E-state index contributed by atoms with van der Waals surface area (Å²) in [6.45, 7) is 23.0. The third-order valence-corrected chi connectivity index (χ3v) is 16.1. The highest BCUT2D eigenvalue weighted by Gasteiger charge is 2.17. The van der Waals surface area contributed by atoms with Gasteiger partial charge in [0.1, 0.15) is 0 Å².